The van der Waals surface area contributed by atoms with Crippen molar-refractivity contribution in [2.45, 2.75) is 25.6 Å². The molecule has 104 valence electrons. The van der Waals surface area contributed by atoms with Crippen LogP contribution in [0.3, 0.4) is 0 Å². The maximum absolute atomic E-state index is 12.5. The van der Waals surface area contributed by atoms with Gasteiger partial charge in [-0.1, -0.05) is 54.6 Å². The Morgan fingerprint density at radius 2 is 1.60 bits per heavy atom. The van der Waals surface area contributed by atoms with E-state index in [4.69, 9.17) is 10.2 Å². The number of aryl methyl sites for hydroxylation is 1. The van der Waals surface area contributed by atoms with Crippen molar-refractivity contribution in [3.63, 3.8) is 0 Å². The molecule has 0 aliphatic carbocycles. The van der Waals surface area contributed by atoms with E-state index in [2.05, 4.69) is 0 Å². The number of benzene rings is 2. The van der Waals surface area contributed by atoms with Gasteiger partial charge in [-0.2, -0.15) is 0 Å². The van der Waals surface area contributed by atoms with Gasteiger partial charge in [-0.3, -0.25) is 4.79 Å². The van der Waals surface area contributed by atoms with Gasteiger partial charge in [0.1, 0.15) is 0 Å². The van der Waals surface area contributed by atoms with Gasteiger partial charge in [-0.25, -0.2) is 0 Å². The summed E-state index contributed by atoms with van der Waals surface area (Å²) < 4.78 is 0. The number of hydrogen-bond donors (Lipinski definition) is 2. The van der Waals surface area contributed by atoms with Gasteiger partial charge in [-0.05, 0) is 24.8 Å². The molecule has 2 aromatic rings. The fourth-order valence-electron chi connectivity index (χ4n) is 2.18. The van der Waals surface area contributed by atoms with Crippen LogP contribution in [0, 0.1) is 0 Å². The molecule has 0 aliphatic heterocycles. The highest BCUT2D eigenvalue weighted by molar-refractivity contribution is 6.09. The third-order valence-electron chi connectivity index (χ3n) is 3.21. The SMILES string of the molecule is O=C(c1ccccc1)c1ccccc1CCCC(O)O. The van der Waals surface area contributed by atoms with E-state index < -0.39 is 6.29 Å². The molecule has 0 saturated heterocycles. The summed E-state index contributed by atoms with van der Waals surface area (Å²) >= 11 is 0. The second kappa shape index (κ2) is 6.98. The van der Waals surface area contributed by atoms with Crippen molar-refractivity contribution in [1.29, 1.82) is 0 Å². The normalized spacial score (nSPS) is 10.8. The molecule has 0 atom stereocenters. The van der Waals surface area contributed by atoms with Crippen LogP contribution in [0.4, 0.5) is 0 Å². The maximum Gasteiger partial charge on any atom is 0.193 e. The average molecular weight is 270 g/mol. The van der Waals surface area contributed by atoms with Gasteiger partial charge in [0.2, 0.25) is 0 Å². The average Bonchev–Trinajstić information content (AvgIpc) is 2.47. The van der Waals surface area contributed by atoms with Crippen LogP contribution in [0.1, 0.15) is 34.3 Å². The summed E-state index contributed by atoms with van der Waals surface area (Å²) in [5, 5.41) is 17.8. The van der Waals surface area contributed by atoms with E-state index in [1.54, 1.807) is 12.1 Å². The minimum atomic E-state index is -1.29. The van der Waals surface area contributed by atoms with Crippen molar-refractivity contribution < 1.29 is 15.0 Å². The lowest BCUT2D eigenvalue weighted by atomic mass is 9.95. The van der Waals surface area contributed by atoms with Crippen molar-refractivity contribution in [3.8, 4) is 0 Å². The van der Waals surface area contributed by atoms with Crippen LogP contribution in [-0.4, -0.2) is 22.3 Å². The molecule has 0 heterocycles. The summed E-state index contributed by atoms with van der Waals surface area (Å²) in [6.07, 6.45) is 0.323. The molecule has 0 aliphatic rings. The predicted molar refractivity (Wildman–Crippen MR) is 77.5 cm³/mol. The Morgan fingerprint density at radius 3 is 2.30 bits per heavy atom. The molecule has 2 rings (SSSR count). The molecule has 0 radical (unpaired) electrons. The van der Waals surface area contributed by atoms with Gasteiger partial charge in [0.05, 0.1) is 0 Å². The number of aliphatic hydroxyl groups excluding tert-OH is 1. The highest BCUT2D eigenvalue weighted by atomic mass is 16.5. The second-order valence-corrected chi connectivity index (χ2v) is 4.73. The maximum atomic E-state index is 12.5. The van der Waals surface area contributed by atoms with Crippen LogP contribution >= 0.6 is 0 Å². The van der Waals surface area contributed by atoms with Crippen LogP contribution < -0.4 is 0 Å². The number of ketones is 1. The topological polar surface area (TPSA) is 57.5 Å². The first-order valence-corrected chi connectivity index (χ1v) is 6.72. The molecule has 2 aromatic carbocycles. The van der Waals surface area contributed by atoms with Gasteiger partial charge in [0.15, 0.2) is 12.1 Å². The molecule has 3 heteroatoms. The quantitative estimate of drug-likeness (QED) is 0.626. The number of carbonyl (C=O) groups excluding carboxylic acids is 1. The molecule has 3 nitrogen and oxygen atoms in total. The fourth-order valence-corrected chi connectivity index (χ4v) is 2.18. The fraction of sp³-hybridized carbons (Fsp3) is 0.235. The van der Waals surface area contributed by atoms with E-state index in [1.807, 2.05) is 42.5 Å². The molecular formula is C17H18O3. The van der Waals surface area contributed by atoms with Gasteiger partial charge in [0.25, 0.3) is 0 Å². The van der Waals surface area contributed by atoms with Crippen LogP contribution in [0.5, 0.6) is 0 Å². The zero-order valence-electron chi connectivity index (χ0n) is 11.2. The van der Waals surface area contributed by atoms with Crippen molar-refractivity contribution in [2.24, 2.45) is 0 Å². The van der Waals surface area contributed by atoms with Gasteiger partial charge in [0, 0.05) is 11.1 Å². The predicted octanol–water partition coefficient (Wildman–Crippen LogP) is 2.55. The highest BCUT2D eigenvalue weighted by Gasteiger charge is 2.12. The van der Waals surface area contributed by atoms with E-state index >= 15 is 0 Å². The molecule has 2 N–H and O–H groups in total. The first kappa shape index (κ1) is 14.4. The van der Waals surface area contributed by atoms with Crippen LogP contribution in [0.2, 0.25) is 0 Å². The Kier molecular flexibility index (Phi) is 5.04. The molecule has 0 spiro atoms. The minimum absolute atomic E-state index is 0.00532. The summed E-state index contributed by atoms with van der Waals surface area (Å²) in [5.74, 6) is 0.00532. The summed E-state index contributed by atoms with van der Waals surface area (Å²) in [5.41, 5.74) is 2.30. The highest BCUT2D eigenvalue weighted by Crippen LogP contribution is 2.17. The number of rotatable bonds is 6. The third-order valence-corrected chi connectivity index (χ3v) is 3.21. The molecule has 0 unspecified atom stereocenters. The second-order valence-electron chi connectivity index (χ2n) is 4.73. The summed E-state index contributed by atoms with van der Waals surface area (Å²) in [7, 11) is 0. The number of carbonyl (C=O) groups is 1. The largest absolute Gasteiger partial charge is 0.368 e. The molecule has 0 fully saturated rings. The lowest BCUT2D eigenvalue weighted by Crippen LogP contribution is -2.07. The Morgan fingerprint density at radius 1 is 0.950 bits per heavy atom. The summed E-state index contributed by atoms with van der Waals surface area (Å²) in [6, 6.07) is 16.7. The standard InChI is InChI=1S/C17H18O3/c18-16(19)12-6-10-13-7-4-5-11-15(13)17(20)14-8-2-1-3-9-14/h1-5,7-9,11,16,18-19H,6,10,12H2. The monoisotopic (exact) mass is 270 g/mol. The van der Waals surface area contributed by atoms with Crippen LogP contribution in [0.15, 0.2) is 54.6 Å². The third kappa shape index (κ3) is 3.76. The summed E-state index contributed by atoms with van der Waals surface area (Å²) in [6.45, 7) is 0. The smallest absolute Gasteiger partial charge is 0.193 e. The molecule has 0 bridgehead atoms. The van der Waals surface area contributed by atoms with Crippen molar-refractivity contribution >= 4 is 5.78 Å². The zero-order chi connectivity index (χ0) is 14.4. The molecule has 20 heavy (non-hydrogen) atoms. The van der Waals surface area contributed by atoms with E-state index in [1.165, 1.54) is 0 Å². The van der Waals surface area contributed by atoms with Crippen molar-refractivity contribution in [2.75, 3.05) is 0 Å². The lowest BCUT2D eigenvalue weighted by Gasteiger charge is -2.09. The van der Waals surface area contributed by atoms with Gasteiger partial charge >= 0.3 is 0 Å². The molecule has 0 saturated carbocycles. The first-order chi connectivity index (χ1) is 9.68. The lowest BCUT2D eigenvalue weighted by molar-refractivity contribution is -0.0461. The van der Waals surface area contributed by atoms with Crippen LogP contribution in [0.25, 0.3) is 0 Å². The van der Waals surface area contributed by atoms with E-state index in [9.17, 15) is 4.79 Å². The molecule has 0 amide bonds. The van der Waals surface area contributed by atoms with Crippen molar-refractivity contribution in [3.05, 3.63) is 71.3 Å². The Labute approximate surface area is 118 Å². The van der Waals surface area contributed by atoms with Crippen LogP contribution in [-0.2, 0) is 6.42 Å². The Hall–Kier alpha value is -1.97. The van der Waals surface area contributed by atoms with E-state index in [0.717, 1.165) is 5.56 Å². The number of aliphatic hydroxyl groups is 2. The first-order valence-electron chi connectivity index (χ1n) is 6.72. The Bertz CT molecular complexity index is 561. The minimum Gasteiger partial charge on any atom is -0.368 e. The zero-order valence-corrected chi connectivity index (χ0v) is 11.2. The Balaban J connectivity index is 2.17. The summed E-state index contributed by atoms with van der Waals surface area (Å²) in [4.78, 5) is 12.5. The van der Waals surface area contributed by atoms with Crippen molar-refractivity contribution in [1.82, 2.24) is 0 Å². The van der Waals surface area contributed by atoms with Gasteiger partial charge < -0.3 is 10.2 Å². The molecule has 0 aromatic heterocycles. The van der Waals surface area contributed by atoms with E-state index in [-0.39, 0.29) is 5.78 Å². The van der Waals surface area contributed by atoms with Gasteiger partial charge in [-0.15, -0.1) is 0 Å². The molecular weight excluding hydrogens is 252 g/mol. The van der Waals surface area contributed by atoms with E-state index in [0.29, 0.717) is 30.4 Å². The number of hydrogen-bond acceptors (Lipinski definition) is 3.